The topological polar surface area (TPSA) is 65.1 Å². The first-order chi connectivity index (χ1) is 12.2. The van der Waals surface area contributed by atoms with Crippen molar-refractivity contribution in [3.63, 3.8) is 0 Å². The molecule has 2 heterocycles. The maximum atomic E-state index is 10.4. The molecular formula is C20H26N4O. The van der Waals surface area contributed by atoms with Crippen LogP contribution in [0, 0.1) is 18.3 Å². The van der Waals surface area contributed by atoms with Gasteiger partial charge in [0.15, 0.2) is 0 Å². The highest BCUT2D eigenvalue weighted by Gasteiger charge is 2.30. The first-order valence-corrected chi connectivity index (χ1v) is 9.11. The number of rotatable bonds is 5. The normalized spacial score (nSPS) is 19.5. The Bertz CT molecular complexity index is 747. The van der Waals surface area contributed by atoms with Crippen molar-refractivity contribution in [2.45, 2.75) is 58.2 Å². The van der Waals surface area contributed by atoms with Crippen LogP contribution in [0.15, 0.2) is 30.3 Å². The molecule has 1 fully saturated rings. The maximum absolute atomic E-state index is 10.4. The van der Waals surface area contributed by atoms with Crippen LogP contribution in [0.1, 0.15) is 49.6 Å². The summed E-state index contributed by atoms with van der Waals surface area (Å²) < 4.78 is 1.89. The summed E-state index contributed by atoms with van der Waals surface area (Å²) in [6.45, 7) is 5.50. The zero-order valence-electron chi connectivity index (χ0n) is 15.0. The van der Waals surface area contributed by atoms with Crippen LogP contribution in [0.4, 0.5) is 0 Å². The maximum Gasteiger partial charge on any atom is 0.103 e. The van der Waals surface area contributed by atoms with Crippen molar-refractivity contribution in [3.05, 3.63) is 47.3 Å². The van der Waals surface area contributed by atoms with Crippen molar-refractivity contribution >= 4 is 0 Å². The number of nitriles is 1. The van der Waals surface area contributed by atoms with E-state index < -0.39 is 0 Å². The van der Waals surface area contributed by atoms with Crippen LogP contribution >= 0.6 is 0 Å². The van der Waals surface area contributed by atoms with E-state index in [-0.39, 0.29) is 12.1 Å². The van der Waals surface area contributed by atoms with Crippen LogP contribution < -0.4 is 0 Å². The van der Waals surface area contributed by atoms with E-state index in [0.29, 0.717) is 12.1 Å². The minimum Gasteiger partial charge on any atom is -0.392 e. The summed E-state index contributed by atoms with van der Waals surface area (Å²) in [5.74, 6) is 0. The Balaban J connectivity index is 1.97. The van der Waals surface area contributed by atoms with Crippen molar-refractivity contribution in [2.24, 2.45) is 0 Å². The highest BCUT2D eigenvalue weighted by Crippen LogP contribution is 2.26. The van der Waals surface area contributed by atoms with Crippen molar-refractivity contribution < 1.29 is 5.11 Å². The van der Waals surface area contributed by atoms with E-state index in [9.17, 15) is 10.4 Å². The standard InChI is InChI=1S/C20H26N4O/c1-3-20(25)18-11-7-8-12-23(18)14-19-17(13-21)15(2)22-24(19)16-9-5-4-6-10-16/h4-6,9-10,18,20,25H,3,7-8,11-12,14H2,1-2H3. The summed E-state index contributed by atoms with van der Waals surface area (Å²) in [6, 6.07) is 12.4. The minimum absolute atomic E-state index is 0.157. The molecule has 1 aliphatic heterocycles. The molecule has 3 rings (SSSR count). The van der Waals surface area contributed by atoms with Crippen LogP contribution in [-0.4, -0.2) is 38.5 Å². The Morgan fingerprint density at radius 3 is 2.76 bits per heavy atom. The molecule has 5 heteroatoms. The number of hydrogen-bond donors (Lipinski definition) is 1. The molecule has 132 valence electrons. The lowest BCUT2D eigenvalue weighted by Crippen LogP contribution is -2.46. The lowest BCUT2D eigenvalue weighted by molar-refractivity contribution is 0.0185. The van der Waals surface area contributed by atoms with E-state index in [1.165, 1.54) is 0 Å². The summed E-state index contributed by atoms with van der Waals surface area (Å²) in [4.78, 5) is 2.33. The fourth-order valence-electron chi connectivity index (χ4n) is 3.76. The van der Waals surface area contributed by atoms with Gasteiger partial charge in [-0.05, 0) is 44.9 Å². The number of aryl methyl sites for hydroxylation is 1. The molecule has 2 aromatic rings. The zero-order valence-corrected chi connectivity index (χ0v) is 15.0. The Hall–Kier alpha value is -2.16. The summed E-state index contributed by atoms with van der Waals surface area (Å²) >= 11 is 0. The van der Waals surface area contributed by atoms with Gasteiger partial charge < -0.3 is 5.11 Å². The second kappa shape index (κ2) is 7.81. The number of piperidine rings is 1. The average molecular weight is 338 g/mol. The number of aromatic nitrogens is 2. The minimum atomic E-state index is -0.319. The molecule has 0 spiro atoms. The predicted molar refractivity (Wildman–Crippen MR) is 97.4 cm³/mol. The van der Waals surface area contributed by atoms with E-state index in [1.54, 1.807) is 0 Å². The predicted octanol–water partition coefficient (Wildman–Crippen LogP) is 3.18. The first kappa shape index (κ1) is 17.7. The smallest absolute Gasteiger partial charge is 0.103 e. The fraction of sp³-hybridized carbons (Fsp3) is 0.500. The molecule has 0 amide bonds. The lowest BCUT2D eigenvalue weighted by Gasteiger charge is -2.38. The summed E-state index contributed by atoms with van der Waals surface area (Å²) in [5.41, 5.74) is 3.29. The van der Waals surface area contributed by atoms with Gasteiger partial charge >= 0.3 is 0 Å². The van der Waals surface area contributed by atoms with Crippen LogP contribution in [-0.2, 0) is 6.54 Å². The van der Waals surface area contributed by atoms with Gasteiger partial charge in [-0.25, -0.2) is 4.68 Å². The number of nitrogens with zero attached hydrogens (tertiary/aromatic N) is 4. The van der Waals surface area contributed by atoms with Gasteiger partial charge in [0.1, 0.15) is 6.07 Å². The Morgan fingerprint density at radius 1 is 1.32 bits per heavy atom. The van der Waals surface area contributed by atoms with Crippen LogP contribution in [0.2, 0.25) is 0 Å². The number of aliphatic hydroxyl groups is 1. The second-order valence-corrected chi connectivity index (χ2v) is 6.78. The number of aliphatic hydroxyl groups excluding tert-OH is 1. The largest absolute Gasteiger partial charge is 0.392 e. The molecule has 0 aliphatic carbocycles. The van der Waals surface area contributed by atoms with Gasteiger partial charge in [0.05, 0.1) is 28.7 Å². The molecule has 1 aromatic heterocycles. The second-order valence-electron chi connectivity index (χ2n) is 6.78. The molecule has 1 aliphatic rings. The molecule has 0 saturated carbocycles. The van der Waals surface area contributed by atoms with Crippen molar-refractivity contribution in [2.75, 3.05) is 6.54 Å². The van der Waals surface area contributed by atoms with Gasteiger partial charge in [0, 0.05) is 12.6 Å². The van der Waals surface area contributed by atoms with Gasteiger partial charge in [-0.1, -0.05) is 31.5 Å². The molecule has 2 atom stereocenters. The van der Waals surface area contributed by atoms with Gasteiger partial charge in [-0.15, -0.1) is 0 Å². The third kappa shape index (κ3) is 3.60. The van der Waals surface area contributed by atoms with E-state index >= 15 is 0 Å². The Kier molecular flexibility index (Phi) is 5.52. The zero-order chi connectivity index (χ0) is 17.8. The molecule has 0 bridgehead atoms. The molecule has 5 nitrogen and oxygen atoms in total. The van der Waals surface area contributed by atoms with E-state index in [2.05, 4.69) is 16.1 Å². The molecule has 2 unspecified atom stereocenters. The Morgan fingerprint density at radius 2 is 2.08 bits per heavy atom. The molecule has 1 aromatic carbocycles. The Labute approximate surface area is 149 Å². The fourth-order valence-corrected chi connectivity index (χ4v) is 3.76. The number of para-hydroxylation sites is 1. The van der Waals surface area contributed by atoms with E-state index in [4.69, 9.17) is 0 Å². The number of benzene rings is 1. The molecule has 0 radical (unpaired) electrons. The summed E-state index contributed by atoms with van der Waals surface area (Å²) in [6.07, 6.45) is 3.73. The first-order valence-electron chi connectivity index (χ1n) is 9.11. The lowest BCUT2D eigenvalue weighted by atomic mass is 9.95. The van der Waals surface area contributed by atoms with Gasteiger partial charge in [0.2, 0.25) is 0 Å². The number of likely N-dealkylation sites (tertiary alicyclic amines) is 1. The molecular weight excluding hydrogens is 312 g/mol. The van der Waals surface area contributed by atoms with Crippen LogP contribution in [0.3, 0.4) is 0 Å². The van der Waals surface area contributed by atoms with Gasteiger partial charge in [0.25, 0.3) is 0 Å². The summed E-state index contributed by atoms with van der Waals surface area (Å²) in [7, 11) is 0. The molecule has 1 saturated heterocycles. The van der Waals surface area contributed by atoms with Crippen molar-refractivity contribution in [3.8, 4) is 11.8 Å². The van der Waals surface area contributed by atoms with Crippen molar-refractivity contribution in [1.82, 2.24) is 14.7 Å². The number of hydrogen-bond acceptors (Lipinski definition) is 4. The van der Waals surface area contributed by atoms with E-state index in [1.807, 2.05) is 48.9 Å². The molecule has 25 heavy (non-hydrogen) atoms. The van der Waals surface area contributed by atoms with Crippen LogP contribution in [0.5, 0.6) is 0 Å². The SMILES string of the molecule is CCC(O)C1CCCCN1Cc1c(C#N)c(C)nn1-c1ccccc1. The monoisotopic (exact) mass is 338 g/mol. The highest BCUT2D eigenvalue weighted by atomic mass is 16.3. The van der Waals surface area contributed by atoms with E-state index in [0.717, 1.165) is 49.3 Å². The van der Waals surface area contributed by atoms with Gasteiger partial charge in [-0.2, -0.15) is 10.4 Å². The quantitative estimate of drug-likeness (QED) is 0.909. The van der Waals surface area contributed by atoms with Crippen LogP contribution in [0.25, 0.3) is 5.69 Å². The van der Waals surface area contributed by atoms with Crippen molar-refractivity contribution in [1.29, 1.82) is 5.26 Å². The van der Waals surface area contributed by atoms with Gasteiger partial charge in [-0.3, -0.25) is 4.90 Å². The third-order valence-corrected chi connectivity index (χ3v) is 5.15. The summed E-state index contributed by atoms with van der Waals surface area (Å²) in [5, 5.41) is 24.7. The molecule has 1 N–H and O–H groups in total. The third-order valence-electron chi connectivity index (χ3n) is 5.15. The average Bonchev–Trinajstić information content (AvgIpc) is 2.97. The highest BCUT2D eigenvalue weighted by molar-refractivity contribution is 5.43.